The van der Waals surface area contributed by atoms with Gasteiger partial charge >= 0.3 is 7.82 Å². The number of rotatable bonds is 9. The molecule has 18 heavy (non-hydrogen) atoms. The molecule has 0 aliphatic heterocycles. The molecule has 0 aliphatic carbocycles. The van der Waals surface area contributed by atoms with E-state index in [0.29, 0.717) is 0 Å². The summed E-state index contributed by atoms with van der Waals surface area (Å²) in [7, 11) is -3.90. The minimum absolute atomic E-state index is 0.0975. The minimum atomic E-state index is -3.90. The van der Waals surface area contributed by atoms with E-state index in [1.165, 1.54) is 0 Å². The molecule has 11 heteroatoms. The topological polar surface area (TPSA) is 44.8 Å². The standard InChI is InChI=1S/C7H11Br2Cl4O4P/c1-2-15-18(14,16-4-5(11)3-10)17-7(9,13)6(8)12/h5-6H,2-4H2,1H3. The Morgan fingerprint density at radius 1 is 1.39 bits per heavy atom. The van der Waals surface area contributed by atoms with Gasteiger partial charge in [0.1, 0.15) is 4.29 Å². The molecule has 4 unspecified atom stereocenters. The predicted octanol–water partition coefficient (Wildman–Crippen LogP) is 5.26. The molecule has 0 bridgehead atoms. The Balaban J connectivity index is 4.66. The first-order valence-electron chi connectivity index (χ1n) is 4.62. The summed E-state index contributed by atoms with van der Waals surface area (Å²) >= 11 is 28.7. The Morgan fingerprint density at radius 3 is 2.33 bits per heavy atom. The van der Waals surface area contributed by atoms with Crippen LogP contribution in [0.25, 0.3) is 0 Å². The summed E-state index contributed by atoms with van der Waals surface area (Å²) in [4.78, 5) is 0. The van der Waals surface area contributed by atoms with Crippen molar-refractivity contribution in [1.82, 2.24) is 0 Å². The van der Waals surface area contributed by atoms with Crippen molar-refractivity contribution in [3.63, 3.8) is 0 Å². The third-order valence-electron chi connectivity index (χ3n) is 1.36. The molecule has 0 radical (unpaired) electrons. The smallest absolute Gasteiger partial charge is 0.287 e. The highest BCUT2D eigenvalue weighted by molar-refractivity contribution is 9.13. The Bertz CT molecular complexity index is 295. The summed E-state index contributed by atoms with van der Waals surface area (Å²) in [6, 6.07) is 0. The van der Waals surface area contributed by atoms with Crippen LogP contribution in [0, 0.1) is 0 Å². The minimum Gasteiger partial charge on any atom is -0.287 e. The molecule has 0 aromatic carbocycles. The molecule has 0 heterocycles. The monoisotopic (exact) mass is 488 g/mol. The fourth-order valence-corrected chi connectivity index (χ4v) is 3.29. The van der Waals surface area contributed by atoms with Crippen molar-refractivity contribution in [2.75, 3.05) is 19.1 Å². The number of phosphoric ester groups is 1. The van der Waals surface area contributed by atoms with Crippen LogP contribution in [0.5, 0.6) is 0 Å². The lowest BCUT2D eigenvalue weighted by Crippen LogP contribution is -2.25. The van der Waals surface area contributed by atoms with Gasteiger partial charge in [-0.05, 0) is 22.9 Å². The molecule has 4 nitrogen and oxygen atoms in total. The van der Waals surface area contributed by atoms with Crippen LogP contribution >= 0.6 is 86.1 Å². The fraction of sp³-hybridized carbons (Fsp3) is 1.00. The van der Waals surface area contributed by atoms with Gasteiger partial charge in [0, 0.05) is 5.88 Å². The summed E-state index contributed by atoms with van der Waals surface area (Å²) < 4.78 is 24.6. The molecule has 0 rings (SSSR count). The number of hydrogen-bond donors (Lipinski definition) is 0. The molecule has 0 aromatic rings. The van der Waals surface area contributed by atoms with Gasteiger partial charge < -0.3 is 0 Å². The first-order valence-corrected chi connectivity index (χ1v) is 9.58. The Kier molecular flexibility index (Phi) is 10.4. The van der Waals surface area contributed by atoms with Gasteiger partial charge in [0.25, 0.3) is 0 Å². The fourth-order valence-electron chi connectivity index (χ4n) is 0.654. The SMILES string of the molecule is CCOP(=O)(OCC(Cl)CCl)OC(Cl)(Br)C(Cl)Br. The van der Waals surface area contributed by atoms with E-state index in [-0.39, 0.29) is 19.1 Å². The second-order valence-electron chi connectivity index (χ2n) is 2.87. The van der Waals surface area contributed by atoms with Gasteiger partial charge in [0.15, 0.2) is 0 Å². The average Bonchev–Trinajstić information content (AvgIpc) is 2.25. The van der Waals surface area contributed by atoms with Crippen LogP contribution in [0.15, 0.2) is 0 Å². The molecule has 110 valence electrons. The van der Waals surface area contributed by atoms with Gasteiger partial charge in [-0.25, -0.2) is 4.57 Å². The highest BCUT2D eigenvalue weighted by Crippen LogP contribution is 2.57. The van der Waals surface area contributed by atoms with Crippen LogP contribution in [-0.4, -0.2) is 32.7 Å². The molecule has 0 aromatic heterocycles. The van der Waals surface area contributed by atoms with E-state index in [1.54, 1.807) is 6.92 Å². The van der Waals surface area contributed by atoms with Crippen LogP contribution in [-0.2, 0) is 18.1 Å². The number of alkyl halides is 6. The maximum atomic E-state index is 12.2. The normalized spacial score (nSPS) is 21.9. The number of phosphoric acid groups is 1. The average molecular weight is 492 g/mol. The van der Waals surface area contributed by atoms with Crippen molar-refractivity contribution in [2.45, 2.75) is 20.6 Å². The van der Waals surface area contributed by atoms with E-state index in [4.69, 9.17) is 60.0 Å². The third-order valence-corrected chi connectivity index (χ3v) is 7.20. The lowest BCUT2D eigenvalue weighted by atomic mass is 10.5. The molecule has 0 saturated carbocycles. The first-order chi connectivity index (χ1) is 8.17. The Hall–Kier alpha value is 2.23. The van der Waals surface area contributed by atoms with Gasteiger partial charge in [0.2, 0.25) is 3.97 Å². The highest BCUT2D eigenvalue weighted by Gasteiger charge is 2.42. The lowest BCUT2D eigenvalue weighted by molar-refractivity contribution is 0.104. The molecule has 0 saturated heterocycles. The zero-order valence-electron chi connectivity index (χ0n) is 9.12. The molecular formula is C7H11Br2Cl4O4P. The van der Waals surface area contributed by atoms with E-state index in [0.717, 1.165) is 0 Å². The summed E-state index contributed by atoms with van der Waals surface area (Å²) in [6.45, 7) is 1.60. The van der Waals surface area contributed by atoms with Crippen LogP contribution in [0.3, 0.4) is 0 Å². The molecule has 4 atom stereocenters. The molecule has 0 aliphatic rings. The summed E-state index contributed by atoms with van der Waals surface area (Å²) in [6.07, 6.45) is 0. The van der Waals surface area contributed by atoms with Crippen LogP contribution < -0.4 is 0 Å². The van der Waals surface area contributed by atoms with E-state index >= 15 is 0 Å². The molecule has 0 amide bonds. The first kappa shape index (κ1) is 20.2. The lowest BCUT2D eigenvalue weighted by Gasteiger charge is -2.27. The number of halogens is 6. The van der Waals surface area contributed by atoms with Crippen molar-refractivity contribution >= 4 is 86.1 Å². The Labute approximate surface area is 143 Å². The zero-order chi connectivity index (χ0) is 14.4. The molecule has 0 spiro atoms. The third kappa shape index (κ3) is 7.87. The van der Waals surface area contributed by atoms with Crippen LogP contribution in [0.1, 0.15) is 6.92 Å². The van der Waals surface area contributed by atoms with Gasteiger partial charge in [-0.1, -0.05) is 27.5 Å². The van der Waals surface area contributed by atoms with E-state index < -0.39 is 21.5 Å². The Morgan fingerprint density at radius 2 is 1.94 bits per heavy atom. The summed E-state index contributed by atoms with van der Waals surface area (Å²) in [5.41, 5.74) is 0. The van der Waals surface area contributed by atoms with E-state index in [2.05, 4.69) is 31.9 Å². The van der Waals surface area contributed by atoms with Crippen molar-refractivity contribution in [3.05, 3.63) is 0 Å². The van der Waals surface area contributed by atoms with E-state index in [1.807, 2.05) is 0 Å². The van der Waals surface area contributed by atoms with Crippen molar-refractivity contribution in [2.24, 2.45) is 0 Å². The van der Waals surface area contributed by atoms with Crippen molar-refractivity contribution < 1.29 is 18.1 Å². The predicted molar refractivity (Wildman–Crippen MR) is 82.7 cm³/mol. The maximum absolute atomic E-state index is 12.2. The summed E-state index contributed by atoms with van der Waals surface area (Å²) in [5.74, 6) is 0.130. The van der Waals surface area contributed by atoms with Gasteiger partial charge in [0.05, 0.1) is 18.6 Å². The van der Waals surface area contributed by atoms with Gasteiger partial charge in [-0.15, -0.1) is 34.8 Å². The maximum Gasteiger partial charge on any atom is 0.477 e. The van der Waals surface area contributed by atoms with Crippen LogP contribution in [0.2, 0.25) is 0 Å². The second kappa shape index (κ2) is 9.29. The van der Waals surface area contributed by atoms with Crippen molar-refractivity contribution in [1.29, 1.82) is 0 Å². The summed E-state index contributed by atoms with van der Waals surface area (Å²) in [5, 5.41) is -0.528. The highest BCUT2D eigenvalue weighted by atomic mass is 79.9. The second-order valence-corrected chi connectivity index (χ2v) is 9.46. The van der Waals surface area contributed by atoms with Crippen molar-refractivity contribution in [3.8, 4) is 0 Å². The van der Waals surface area contributed by atoms with Gasteiger partial charge in [-0.2, -0.15) is 0 Å². The quantitative estimate of drug-likeness (QED) is 0.326. The molecule has 0 fully saturated rings. The van der Waals surface area contributed by atoms with Gasteiger partial charge in [-0.3, -0.25) is 13.6 Å². The molecule has 0 N–H and O–H groups in total. The largest absolute Gasteiger partial charge is 0.477 e. The van der Waals surface area contributed by atoms with E-state index in [9.17, 15) is 4.57 Å². The van der Waals surface area contributed by atoms with Crippen LogP contribution in [0.4, 0.5) is 0 Å². The zero-order valence-corrected chi connectivity index (χ0v) is 16.2. The number of hydrogen-bond acceptors (Lipinski definition) is 4. The molecular weight excluding hydrogens is 481 g/mol.